The zero-order valence-electron chi connectivity index (χ0n) is 8.90. The average molecular weight is 210 g/mol. The molecule has 3 heteroatoms. The molecule has 0 aromatic heterocycles. The highest BCUT2D eigenvalue weighted by Gasteiger charge is 2.00. The highest BCUT2D eigenvalue weighted by molar-refractivity contribution is 5.67. The summed E-state index contributed by atoms with van der Waals surface area (Å²) in [6, 6.07) is 8.98. The lowest BCUT2D eigenvalue weighted by Crippen LogP contribution is -1.87. The maximum atomic E-state index is 8.63. The maximum Gasteiger partial charge on any atom is 0.130 e. The molecular formula is C13H10N2O. The number of hydrogen-bond acceptors (Lipinski definition) is 3. The third-order valence-corrected chi connectivity index (χ3v) is 2.03. The molecule has 0 aliphatic carbocycles. The first-order chi connectivity index (χ1) is 7.74. The number of benzene rings is 1. The van der Waals surface area contributed by atoms with Gasteiger partial charge in [0, 0.05) is 5.56 Å². The van der Waals surface area contributed by atoms with Crippen LogP contribution in [0.15, 0.2) is 30.4 Å². The highest BCUT2D eigenvalue weighted by Crippen LogP contribution is 2.21. The van der Waals surface area contributed by atoms with Crippen molar-refractivity contribution in [1.29, 1.82) is 10.5 Å². The normalized spacial score (nSPS) is 8.44. The summed E-state index contributed by atoms with van der Waals surface area (Å²) in [7, 11) is 1.58. The smallest absolute Gasteiger partial charge is 0.130 e. The molecule has 0 saturated carbocycles. The van der Waals surface area contributed by atoms with Crippen LogP contribution in [0.5, 0.6) is 5.75 Å². The van der Waals surface area contributed by atoms with Gasteiger partial charge in [0.15, 0.2) is 0 Å². The largest absolute Gasteiger partial charge is 0.496 e. The van der Waals surface area contributed by atoms with Crippen molar-refractivity contribution in [3.8, 4) is 17.9 Å². The first kappa shape index (κ1) is 11.6. The van der Waals surface area contributed by atoms with Crippen LogP contribution in [0.3, 0.4) is 0 Å². The van der Waals surface area contributed by atoms with Crippen molar-refractivity contribution < 1.29 is 4.74 Å². The summed E-state index contributed by atoms with van der Waals surface area (Å²) in [5.41, 5.74) is 1.67. The minimum absolute atomic E-state index is 0.0696. The predicted octanol–water partition coefficient (Wildman–Crippen LogP) is 2.77. The third kappa shape index (κ3) is 2.50. The summed E-state index contributed by atoms with van der Waals surface area (Å²) < 4.78 is 5.13. The second-order valence-corrected chi connectivity index (χ2v) is 2.99. The molecule has 1 rings (SSSR count). The van der Waals surface area contributed by atoms with Crippen molar-refractivity contribution in [2.75, 3.05) is 7.11 Å². The van der Waals surface area contributed by atoms with Gasteiger partial charge in [-0.15, -0.1) is 0 Å². The van der Waals surface area contributed by atoms with Gasteiger partial charge in [-0.1, -0.05) is 18.7 Å². The molecule has 3 nitrogen and oxygen atoms in total. The van der Waals surface area contributed by atoms with Crippen LogP contribution in [0.1, 0.15) is 11.1 Å². The topological polar surface area (TPSA) is 56.8 Å². The molecule has 0 aliphatic heterocycles. The van der Waals surface area contributed by atoms with Crippen LogP contribution in [-0.2, 0) is 0 Å². The number of allylic oxidation sites excluding steroid dienone is 1. The molecule has 0 radical (unpaired) electrons. The molecule has 0 amide bonds. The molecule has 78 valence electrons. The molecule has 0 N–H and O–H groups in total. The summed E-state index contributed by atoms with van der Waals surface area (Å²) >= 11 is 0. The molecule has 0 fully saturated rings. The summed E-state index contributed by atoms with van der Waals surface area (Å²) in [5, 5.41) is 17.3. The fourth-order valence-corrected chi connectivity index (χ4v) is 1.26. The summed E-state index contributed by atoms with van der Waals surface area (Å²) in [6.07, 6.45) is 3.18. The molecule has 0 atom stereocenters. The lowest BCUT2D eigenvalue weighted by atomic mass is 10.1. The molecule has 0 aliphatic rings. The van der Waals surface area contributed by atoms with Gasteiger partial charge in [-0.2, -0.15) is 10.5 Å². The van der Waals surface area contributed by atoms with Crippen LogP contribution in [0, 0.1) is 22.7 Å². The lowest BCUT2D eigenvalue weighted by Gasteiger charge is -2.05. The summed E-state index contributed by atoms with van der Waals surface area (Å²) in [6.45, 7) is 3.67. The van der Waals surface area contributed by atoms with Gasteiger partial charge in [0.2, 0.25) is 0 Å². The molecule has 1 aromatic carbocycles. The van der Waals surface area contributed by atoms with Gasteiger partial charge in [0.1, 0.15) is 23.5 Å². The summed E-state index contributed by atoms with van der Waals surface area (Å²) in [4.78, 5) is 0. The predicted molar refractivity (Wildman–Crippen MR) is 62.3 cm³/mol. The number of ether oxygens (including phenoxy) is 1. The number of nitrogens with zero attached hydrogens (tertiary/aromatic N) is 2. The Labute approximate surface area is 94.5 Å². The number of methoxy groups -OCH3 is 1. The first-order valence-corrected chi connectivity index (χ1v) is 4.57. The van der Waals surface area contributed by atoms with Crippen LogP contribution in [-0.4, -0.2) is 7.11 Å². The van der Waals surface area contributed by atoms with E-state index < -0.39 is 0 Å². The minimum Gasteiger partial charge on any atom is -0.496 e. The number of rotatable bonds is 3. The van der Waals surface area contributed by atoms with Crippen LogP contribution >= 0.6 is 0 Å². The maximum absolute atomic E-state index is 8.63. The van der Waals surface area contributed by atoms with E-state index in [9.17, 15) is 0 Å². The Kier molecular flexibility index (Phi) is 3.89. The van der Waals surface area contributed by atoms with E-state index in [1.54, 1.807) is 31.4 Å². The van der Waals surface area contributed by atoms with Crippen LogP contribution < -0.4 is 4.74 Å². The Balaban J connectivity index is 3.21. The van der Waals surface area contributed by atoms with E-state index in [0.717, 1.165) is 11.1 Å². The third-order valence-electron chi connectivity index (χ3n) is 2.03. The van der Waals surface area contributed by atoms with Crippen molar-refractivity contribution in [2.45, 2.75) is 0 Å². The van der Waals surface area contributed by atoms with Gasteiger partial charge in [-0.25, -0.2) is 0 Å². The second kappa shape index (κ2) is 5.38. The average Bonchev–Trinajstić information content (AvgIpc) is 2.35. The van der Waals surface area contributed by atoms with E-state index in [2.05, 4.69) is 6.58 Å². The van der Waals surface area contributed by atoms with E-state index in [0.29, 0.717) is 5.75 Å². The van der Waals surface area contributed by atoms with Gasteiger partial charge in [0.05, 0.1) is 7.11 Å². The van der Waals surface area contributed by atoms with Crippen molar-refractivity contribution in [1.82, 2.24) is 0 Å². The van der Waals surface area contributed by atoms with Crippen molar-refractivity contribution in [3.63, 3.8) is 0 Å². The quantitative estimate of drug-likeness (QED) is 0.721. The van der Waals surface area contributed by atoms with Crippen LogP contribution in [0.4, 0.5) is 0 Å². The van der Waals surface area contributed by atoms with Crippen molar-refractivity contribution in [3.05, 3.63) is 41.5 Å². The lowest BCUT2D eigenvalue weighted by molar-refractivity contribution is 0.414. The zero-order chi connectivity index (χ0) is 12.0. The highest BCUT2D eigenvalue weighted by atomic mass is 16.5. The van der Waals surface area contributed by atoms with Gasteiger partial charge < -0.3 is 4.74 Å². The van der Waals surface area contributed by atoms with E-state index in [1.165, 1.54) is 6.08 Å². The van der Waals surface area contributed by atoms with E-state index in [-0.39, 0.29) is 5.57 Å². The van der Waals surface area contributed by atoms with Gasteiger partial charge in [0.25, 0.3) is 0 Å². The Morgan fingerprint density at radius 1 is 1.38 bits per heavy atom. The van der Waals surface area contributed by atoms with E-state index >= 15 is 0 Å². The van der Waals surface area contributed by atoms with Crippen LogP contribution in [0.25, 0.3) is 12.2 Å². The Morgan fingerprint density at radius 3 is 2.56 bits per heavy atom. The molecule has 0 unspecified atom stereocenters. The summed E-state index contributed by atoms with van der Waals surface area (Å²) in [5.74, 6) is 0.711. The van der Waals surface area contributed by atoms with Crippen molar-refractivity contribution in [2.24, 2.45) is 0 Å². The van der Waals surface area contributed by atoms with Gasteiger partial charge >= 0.3 is 0 Å². The van der Waals surface area contributed by atoms with Gasteiger partial charge in [-0.3, -0.25) is 0 Å². The number of hydrogen-bond donors (Lipinski definition) is 0. The first-order valence-electron chi connectivity index (χ1n) is 4.57. The van der Waals surface area contributed by atoms with Crippen LogP contribution in [0.2, 0.25) is 0 Å². The fraction of sp³-hybridized carbons (Fsp3) is 0.0769. The minimum atomic E-state index is 0.0696. The molecular weight excluding hydrogens is 200 g/mol. The SMILES string of the molecule is C=Cc1cc(C=C(C#N)C#N)ccc1OC. The Morgan fingerprint density at radius 2 is 2.06 bits per heavy atom. The molecule has 0 bridgehead atoms. The Bertz CT molecular complexity index is 500. The Hall–Kier alpha value is -2.52. The zero-order valence-corrected chi connectivity index (χ0v) is 8.90. The molecule has 0 heterocycles. The molecule has 1 aromatic rings. The standard InChI is InChI=1S/C13H10N2O/c1-3-12-7-10(4-5-13(12)16-2)6-11(8-14)9-15/h3-7H,1H2,2H3. The monoisotopic (exact) mass is 210 g/mol. The number of nitriles is 2. The molecule has 16 heavy (non-hydrogen) atoms. The second-order valence-electron chi connectivity index (χ2n) is 2.99. The fourth-order valence-electron chi connectivity index (χ4n) is 1.26. The van der Waals surface area contributed by atoms with Crippen molar-refractivity contribution >= 4 is 12.2 Å². The molecule has 0 spiro atoms. The molecule has 0 saturated heterocycles. The van der Waals surface area contributed by atoms with E-state index in [1.807, 2.05) is 12.1 Å². The van der Waals surface area contributed by atoms with Gasteiger partial charge in [-0.05, 0) is 23.8 Å². The van der Waals surface area contributed by atoms with E-state index in [4.69, 9.17) is 15.3 Å².